The Hall–Kier alpha value is -1.22. The SMILES string of the molecule is O=C(OCc1cccc(Cl)c1)c1ccc(Cl)c(Cl)c1. The quantitative estimate of drug-likeness (QED) is 0.745. The van der Waals surface area contributed by atoms with Crippen LogP contribution in [-0.4, -0.2) is 5.97 Å². The number of benzene rings is 2. The molecule has 0 saturated heterocycles. The summed E-state index contributed by atoms with van der Waals surface area (Å²) in [6.07, 6.45) is 0. The van der Waals surface area contributed by atoms with Crippen LogP contribution in [0.4, 0.5) is 0 Å². The molecular formula is C14H9Cl3O2. The molecule has 2 aromatic carbocycles. The average molecular weight is 316 g/mol. The first-order valence-corrected chi connectivity index (χ1v) is 6.56. The van der Waals surface area contributed by atoms with Gasteiger partial charge in [0, 0.05) is 5.02 Å². The first-order valence-electron chi connectivity index (χ1n) is 5.43. The number of halogens is 3. The second-order valence-electron chi connectivity index (χ2n) is 3.83. The van der Waals surface area contributed by atoms with Crippen LogP contribution in [0.3, 0.4) is 0 Å². The van der Waals surface area contributed by atoms with E-state index in [1.54, 1.807) is 30.3 Å². The highest BCUT2D eigenvalue weighted by atomic mass is 35.5. The van der Waals surface area contributed by atoms with Crippen LogP contribution in [-0.2, 0) is 11.3 Å². The molecule has 19 heavy (non-hydrogen) atoms. The second-order valence-corrected chi connectivity index (χ2v) is 5.09. The molecule has 0 radical (unpaired) electrons. The van der Waals surface area contributed by atoms with Crippen LogP contribution in [0.2, 0.25) is 15.1 Å². The van der Waals surface area contributed by atoms with Crippen LogP contribution < -0.4 is 0 Å². The van der Waals surface area contributed by atoms with Gasteiger partial charge in [-0.2, -0.15) is 0 Å². The van der Waals surface area contributed by atoms with E-state index in [1.807, 2.05) is 6.07 Å². The van der Waals surface area contributed by atoms with Gasteiger partial charge in [-0.15, -0.1) is 0 Å². The topological polar surface area (TPSA) is 26.3 Å². The van der Waals surface area contributed by atoms with Crippen molar-refractivity contribution in [3.63, 3.8) is 0 Å². The third-order valence-electron chi connectivity index (χ3n) is 2.41. The lowest BCUT2D eigenvalue weighted by Gasteiger charge is -2.06. The molecule has 0 heterocycles. The Bertz CT molecular complexity index is 611. The average Bonchev–Trinajstić information content (AvgIpc) is 2.39. The molecule has 5 heteroatoms. The van der Waals surface area contributed by atoms with E-state index in [-0.39, 0.29) is 6.61 Å². The van der Waals surface area contributed by atoms with Gasteiger partial charge < -0.3 is 4.74 Å². The Morgan fingerprint density at radius 2 is 1.79 bits per heavy atom. The van der Waals surface area contributed by atoms with E-state index >= 15 is 0 Å². The molecule has 0 fully saturated rings. The summed E-state index contributed by atoms with van der Waals surface area (Å²) in [6, 6.07) is 11.7. The molecule has 98 valence electrons. The summed E-state index contributed by atoms with van der Waals surface area (Å²) in [6.45, 7) is 0.152. The summed E-state index contributed by atoms with van der Waals surface area (Å²) in [4.78, 5) is 11.8. The lowest BCUT2D eigenvalue weighted by molar-refractivity contribution is 0.0472. The van der Waals surface area contributed by atoms with Gasteiger partial charge in [-0.25, -0.2) is 4.79 Å². The van der Waals surface area contributed by atoms with Crippen molar-refractivity contribution in [2.75, 3.05) is 0 Å². The normalized spacial score (nSPS) is 10.3. The zero-order valence-corrected chi connectivity index (χ0v) is 12.0. The highest BCUT2D eigenvalue weighted by Gasteiger charge is 2.09. The minimum Gasteiger partial charge on any atom is -0.457 e. The Labute approximate surface area is 125 Å². The monoisotopic (exact) mass is 314 g/mol. The first kappa shape index (κ1) is 14.2. The molecule has 0 N–H and O–H groups in total. The molecule has 0 aliphatic heterocycles. The van der Waals surface area contributed by atoms with Crippen LogP contribution in [0.25, 0.3) is 0 Å². The maximum atomic E-state index is 11.8. The zero-order valence-electron chi connectivity index (χ0n) is 9.70. The minimum absolute atomic E-state index is 0.152. The number of esters is 1. The summed E-state index contributed by atoms with van der Waals surface area (Å²) >= 11 is 17.5. The van der Waals surface area contributed by atoms with E-state index in [0.29, 0.717) is 20.6 Å². The molecule has 0 saturated carbocycles. The largest absolute Gasteiger partial charge is 0.457 e. The minimum atomic E-state index is -0.460. The summed E-state index contributed by atoms with van der Waals surface area (Å²) < 4.78 is 5.16. The Morgan fingerprint density at radius 3 is 2.47 bits per heavy atom. The van der Waals surface area contributed by atoms with Gasteiger partial charge in [0.25, 0.3) is 0 Å². The third-order valence-corrected chi connectivity index (χ3v) is 3.39. The highest BCUT2D eigenvalue weighted by Crippen LogP contribution is 2.23. The van der Waals surface area contributed by atoms with E-state index in [9.17, 15) is 4.79 Å². The van der Waals surface area contributed by atoms with Crippen LogP contribution in [0, 0.1) is 0 Å². The Balaban J connectivity index is 2.03. The van der Waals surface area contributed by atoms with Crippen LogP contribution >= 0.6 is 34.8 Å². The van der Waals surface area contributed by atoms with Crippen molar-refractivity contribution in [3.05, 3.63) is 68.7 Å². The number of hydrogen-bond acceptors (Lipinski definition) is 2. The number of carbonyl (C=O) groups excluding carboxylic acids is 1. The van der Waals surface area contributed by atoms with Crippen molar-refractivity contribution in [3.8, 4) is 0 Å². The highest BCUT2D eigenvalue weighted by molar-refractivity contribution is 6.42. The first-order chi connectivity index (χ1) is 9.06. The molecule has 2 aromatic rings. The molecule has 0 amide bonds. The standard InChI is InChI=1S/C14H9Cl3O2/c15-11-3-1-2-9(6-11)8-19-14(18)10-4-5-12(16)13(17)7-10/h1-7H,8H2. The van der Waals surface area contributed by atoms with Crippen LogP contribution in [0.1, 0.15) is 15.9 Å². The van der Waals surface area contributed by atoms with Crippen molar-refractivity contribution in [1.29, 1.82) is 0 Å². The summed E-state index contributed by atoms with van der Waals surface area (Å²) in [5.41, 5.74) is 1.18. The maximum absolute atomic E-state index is 11.8. The summed E-state index contributed by atoms with van der Waals surface area (Å²) in [5, 5.41) is 1.31. The van der Waals surface area contributed by atoms with Crippen molar-refractivity contribution in [2.24, 2.45) is 0 Å². The summed E-state index contributed by atoms with van der Waals surface area (Å²) in [7, 11) is 0. The van der Waals surface area contributed by atoms with Crippen molar-refractivity contribution in [2.45, 2.75) is 6.61 Å². The second kappa shape index (κ2) is 6.29. The van der Waals surface area contributed by atoms with Gasteiger partial charge in [0.05, 0.1) is 15.6 Å². The fraction of sp³-hybridized carbons (Fsp3) is 0.0714. The number of rotatable bonds is 3. The van der Waals surface area contributed by atoms with E-state index in [0.717, 1.165) is 5.56 Å². The predicted octanol–water partition coefficient (Wildman–Crippen LogP) is 5.00. The van der Waals surface area contributed by atoms with Crippen molar-refractivity contribution in [1.82, 2.24) is 0 Å². The molecule has 0 spiro atoms. The van der Waals surface area contributed by atoms with Gasteiger partial charge in [0.2, 0.25) is 0 Å². The van der Waals surface area contributed by atoms with Crippen molar-refractivity contribution < 1.29 is 9.53 Å². The summed E-state index contributed by atoms with van der Waals surface area (Å²) in [5.74, 6) is -0.460. The van der Waals surface area contributed by atoms with E-state index in [1.165, 1.54) is 6.07 Å². The molecule has 0 aliphatic rings. The molecule has 2 rings (SSSR count). The molecule has 0 aliphatic carbocycles. The van der Waals surface area contributed by atoms with E-state index in [4.69, 9.17) is 39.5 Å². The number of carbonyl (C=O) groups is 1. The van der Waals surface area contributed by atoms with Gasteiger partial charge >= 0.3 is 5.97 Å². The van der Waals surface area contributed by atoms with Gasteiger partial charge in [0.15, 0.2) is 0 Å². The zero-order chi connectivity index (χ0) is 13.8. The molecule has 0 aromatic heterocycles. The van der Waals surface area contributed by atoms with Crippen LogP contribution in [0.5, 0.6) is 0 Å². The van der Waals surface area contributed by atoms with Gasteiger partial charge in [-0.1, -0.05) is 46.9 Å². The predicted molar refractivity (Wildman–Crippen MR) is 77.0 cm³/mol. The van der Waals surface area contributed by atoms with E-state index < -0.39 is 5.97 Å². The fourth-order valence-corrected chi connectivity index (χ4v) is 1.99. The lowest BCUT2D eigenvalue weighted by Crippen LogP contribution is -2.05. The molecule has 2 nitrogen and oxygen atoms in total. The van der Waals surface area contributed by atoms with Gasteiger partial charge in [-0.05, 0) is 35.9 Å². The fourth-order valence-electron chi connectivity index (χ4n) is 1.48. The third kappa shape index (κ3) is 3.87. The Kier molecular flexibility index (Phi) is 4.70. The Morgan fingerprint density at radius 1 is 1.00 bits per heavy atom. The molecule has 0 atom stereocenters. The molecular weight excluding hydrogens is 307 g/mol. The number of ether oxygens (including phenoxy) is 1. The maximum Gasteiger partial charge on any atom is 0.338 e. The van der Waals surface area contributed by atoms with Gasteiger partial charge in [-0.3, -0.25) is 0 Å². The van der Waals surface area contributed by atoms with Crippen LogP contribution in [0.15, 0.2) is 42.5 Å². The molecule has 0 bridgehead atoms. The number of hydrogen-bond donors (Lipinski definition) is 0. The lowest BCUT2D eigenvalue weighted by atomic mass is 10.2. The van der Waals surface area contributed by atoms with E-state index in [2.05, 4.69) is 0 Å². The molecule has 0 unspecified atom stereocenters. The smallest absolute Gasteiger partial charge is 0.338 e. The van der Waals surface area contributed by atoms with Gasteiger partial charge in [0.1, 0.15) is 6.61 Å². The van der Waals surface area contributed by atoms with Crippen molar-refractivity contribution >= 4 is 40.8 Å².